The lowest BCUT2D eigenvalue weighted by Crippen LogP contribution is -2.56. The van der Waals surface area contributed by atoms with Gasteiger partial charge in [0, 0.05) is 25.5 Å². The van der Waals surface area contributed by atoms with Crippen molar-refractivity contribution in [3.8, 4) is 11.5 Å². The summed E-state index contributed by atoms with van der Waals surface area (Å²) in [5.41, 5.74) is 0.859. The maximum atomic E-state index is 12.2. The molecule has 4 heterocycles. The Labute approximate surface area is 185 Å². The Morgan fingerprint density at radius 2 is 2.10 bits per heavy atom. The first kappa shape index (κ1) is 21.3. The molecule has 0 saturated carbocycles. The lowest BCUT2D eigenvalue weighted by molar-refractivity contribution is 0.0399. The van der Waals surface area contributed by atoms with Gasteiger partial charge in [0.05, 0.1) is 23.4 Å². The SMILES string of the molecule is CC(C)(C)OC(=O)N[C@H]1CN(c2ccnc(-c3cnc4ccc(Cl)cn34)n2)CC[C@H]1O. The Balaban J connectivity index is 1.54. The zero-order chi connectivity index (χ0) is 22.2. The molecule has 0 aromatic carbocycles. The van der Waals surface area contributed by atoms with E-state index in [9.17, 15) is 9.90 Å². The van der Waals surface area contributed by atoms with Crippen molar-refractivity contribution in [2.24, 2.45) is 0 Å². The van der Waals surface area contributed by atoms with Gasteiger partial charge in [-0.15, -0.1) is 0 Å². The van der Waals surface area contributed by atoms with E-state index >= 15 is 0 Å². The summed E-state index contributed by atoms with van der Waals surface area (Å²) in [5, 5.41) is 13.7. The van der Waals surface area contributed by atoms with Gasteiger partial charge in [0.1, 0.15) is 22.8 Å². The third-order valence-corrected chi connectivity index (χ3v) is 5.17. The van der Waals surface area contributed by atoms with E-state index in [1.54, 1.807) is 45.4 Å². The molecule has 1 fully saturated rings. The Morgan fingerprint density at radius 1 is 1.29 bits per heavy atom. The predicted molar refractivity (Wildman–Crippen MR) is 117 cm³/mol. The number of carbonyl (C=O) groups is 1. The molecular formula is C21H25ClN6O3. The first-order valence-electron chi connectivity index (χ1n) is 10.1. The van der Waals surface area contributed by atoms with E-state index < -0.39 is 23.8 Å². The topological polar surface area (TPSA) is 105 Å². The van der Waals surface area contributed by atoms with Crippen LogP contribution >= 0.6 is 11.6 Å². The smallest absolute Gasteiger partial charge is 0.408 e. The van der Waals surface area contributed by atoms with Gasteiger partial charge >= 0.3 is 6.09 Å². The number of amides is 1. The van der Waals surface area contributed by atoms with Gasteiger partial charge in [-0.1, -0.05) is 11.6 Å². The summed E-state index contributed by atoms with van der Waals surface area (Å²) in [7, 11) is 0. The van der Waals surface area contributed by atoms with E-state index in [0.29, 0.717) is 36.2 Å². The molecule has 3 aromatic heterocycles. The summed E-state index contributed by atoms with van der Waals surface area (Å²) >= 11 is 6.13. The van der Waals surface area contributed by atoms with Crippen LogP contribution in [0.4, 0.5) is 10.6 Å². The highest BCUT2D eigenvalue weighted by atomic mass is 35.5. The predicted octanol–water partition coefficient (Wildman–Crippen LogP) is 2.91. The number of carbonyl (C=O) groups excluding carboxylic acids is 1. The van der Waals surface area contributed by atoms with Crippen LogP contribution in [0.3, 0.4) is 0 Å². The van der Waals surface area contributed by atoms with E-state index in [2.05, 4.69) is 15.3 Å². The highest BCUT2D eigenvalue weighted by Crippen LogP contribution is 2.24. The number of alkyl carbamates (subject to hydrolysis) is 1. The number of pyridine rings is 1. The molecule has 10 heteroatoms. The fraction of sp³-hybridized carbons (Fsp3) is 0.429. The number of piperidine rings is 1. The number of hydrogen-bond donors (Lipinski definition) is 2. The number of rotatable bonds is 3. The minimum atomic E-state index is -0.661. The zero-order valence-electron chi connectivity index (χ0n) is 17.6. The first-order valence-corrected chi connectivity index (χ1v) is 10.5. The number of nitrogens with one attached hydrogen (secondary N) is 1. The molecule has 1 amide bonds. The van der Waals surface area contributed by atoms with Crippen molar-refractivity contribution in [1.82, 2.24) is 24.7 Å². The second-order valence-corrected chi connectivity index (χ2v) is 8.95. The Bertz CT molecular complexity index is 1100. The molecule has 1 saturated heterocycles. The van der Waals surface area contributed by atoms with Crippen LogP contribution < -0.4 is 10.2 Å². The Morgan fingerprint density at radius 3 is 2.87 bits per heavy atom. The van der Waals surface area contributed by atoms with Gasteiger partial charge in [-0.3, -0.25) is 4.40 Å². The summed E-state index contributed by atoms with van der Waals surface area (Å²) < 4.78 is 7.16. The number of hydrogen-bond acceptors (Lipinski definition) is 7. The molecule has 0 radical (unpaired) electrons. The quantitative estimate of drug-likeness (QED) is 0.639. The zero-order valence-corrected chi connectivity index (χ0v) is 18.4. The van der Waals surface area contributed by atoms with Crippen LogP contribution in [-0.4, -0.2) is 61.4 Å². The fourth-order valence-electron chi connectivity index (χ4n) is 3.52. The van der Waals surface area contributed by atoms with Crippen molar-refractivity contribution in [2.45, 2.75) is 44.9 Å². The first-order chi connectivity index (χ1) is 14.7. The molecule has 4 rings (SSSR count). The number of aliphatic hydroxyl groups excluding tert-OH is 1. The van der Waals surface area contributed by atoms with E-state index in [4.69, 9.17) is 21.3 Å². The number of halogens is 1. The number of nitrogens with zero attached hydrogens (tertiary/aromatic N) is 5. The lowest BCUT2D eigenvalue weighted by Gasteiger charge is -2.37. The fourth-order valence-corrected chi connectivity index (χ4v) is 3.68. The third kappa shape index (κ3) is 4.88. The summed E-state index contributed by atoms with van der Waals surface area (Å²) in [5.74, 6) is 1.21. The summed E-state index contributed by atoms with van der Waals surface area (Å²) in [6.07, 6.45) is 4.44. The molecule has 31 heavy (non-hydrogen) atoms. The van der Waals surface area contributed by atoms with Gasteiger partial charge in [-0.05, 0) is 45.4 Å². The van der Waals surface area contributed by atoms with Crippen molar-refractivity contribution in [1.29, 1.82) is 0 Å². The molecular weight excluding hydrogens is 420 g/mol. The second-order valence-electron chi connectivity index (χ2n) is 8.51. The van der Waals surface area contributed by atoms with Crippen LogP contribution in [0.1, 0.15) is 27.2 Å². The molecule has 164 valence electrons. The normalized spacial score (nSPS) is 19.5. The number of imidazole rings is 1. The molecule has 0 bridgehead atoms. The number of aliphatic hydroxyl groups is 1. The molecule has 9 nitrogen and oxygen atoms in total. The largest absolute Gasteiger partial charge is 0.444 e. The van der Waals surface area contributed by atoms with Crippen molar-refractivity contribution in [2.75, 3.05) is 18.0 Å². The number of fused-ring (bicyclic) bond motifs is 1. The average molecular weight is 445 g/mol. The highest BCUT2D eigenvalue weighted by Gasteiger charge is 2.31. The Kier molecular flexibility index (Phi) is 5.72. The van der Waals surface area contributed by atoms with E-state index in [1.165, 1.54) is 0 Å². The molecule has 1 aliphatic heterocycles. The molecule has 0 aliphatic carbocycles. The van der Waals surface area contributed by atoms with Crippen LogP contribution in [0.15, 0.2) is 36.8 Å². The molecule has 2 N–H and O–H groups in total. The number of aromatic nitrogens is 4. The molecule has 0 spiro atoms. The maximum Gasteiger partial charge on any atom is 0.408 e. The monoisotopic (exact) mass is 444 g/mol. The Hall–Kier alpha value is -2.91. The van der Waals surface area contributed by atoms with Gasteiger partial charge in [0.2, 0.25) is 0 Å². The molecule has 0 unspecified atom stereocenters. The van der Waals surface area contributed by atoms with Crippen LogP contribution in [0.2, 0.25) is 5.02 Å². The van der Waals surface area contributed by atoms with E-state index in [-0.39, 0.29) is 0 Å². The minimum Gasteiger partial charge on any atom is -0.444 e. The summed E-state index contributed by atoms with van der Waals surface area (Å²) in [6, 6.07) is 4.94. The third-order valence-electron chi connectivity index (χ3n) is 4.94. The van der Waals surface area contributed by atoms with Gasteiger partial charge in [-0.2, -0.15) is 0 Å². The number of anilines is 1. The molecule has 3 aromatic rings. The van der Waals surface area contributed by atoms with Gasteiger partial charge in [-0.25, -0.2) is 19.7 Å². The van der Waals surface area contributed by atoms with Gasteiger partial charge in [0.15, 0.2) is 5.82 Å². The summed E-state index contributed by atoms with van der Waals surface area (Å²) in [4.78, 5) is 27.7. The molecule has 1 aliphatic rings. The van der Waals surface area contributed by atoms with Crippen molar-refractivity contribution < 1.29 is 14.6 Å². The molecule has 2 atom stereocenters. The van der Waals surface area contributed by atoms with Crippen LogP contribution in [-0.2, 0) is 4.74 Å². The van der Waals surface area contributed by atoms with Crippen molar-refractivity contribution in [3.05, 3.63) is 41.8 Å². The summed E-state index contributed by atoms with van der Waals surface area (Å²) in [6.45, 7) is 6.39. The van der Waals surface area contributed by atoms with Crippen LogP contribution in [0.5, 0.6) is 0 Å². The lowest BCUT2D eigenvalue weighted by atomic mass is 10.0. The number of ether oxygens (including phenoxy) is 1. The van der Waals surface area contributed by atoms with Gasteiger partial charge in [0.25, 0.3) is 0 Å². The van der Waals surface area contributed by atoms with Crippen molar-refractivity contribution in [3.63, 3.8) is 0 Å². The average Bonchev–Trinajstić information content (AvgIpc) is 3.11. The van der Waals surface area contributed by atoms with Gasteiger partial charge < -0.3 is 20.1 Å². The maximum absolute atomic E-state index is 12.2. The standard InChI is InChI=1S/C21H25ClN6O3/c1-21(2,3)31-20(30)25-14-12-27(9-7-16(14)29)18-6-8-23-19(26-18)15-10-24-17-5-4-13(22)11-28(15)17/h4-6,8,10-11,14,16,29H,7,9,12H2,1-3H3,(H,25,30)/t14-,16+/m0/s1. The van der Waals surface area contributed by atoms with E-state index in [1.807, 2.05) is 21.4 Å². The second kappa shape index (κ2) is 8.32. The van der Waals surface area contributed by atoms with Crippen LogP contribution in [0.25, 0.3) is 17.2 Å². The van der Waals surface area contributed by atoms with E-state index in [0.717, 1.165) is 11.3 Å². The van der Waals surface area contributed by atoms with Crippen LogP contribution in [0, 0.1) is 0 Å². The minimum absolute atomic E-state index is 0.399. The highest BCUT2D eigenvalue weighted by molar-refractivity contribution is 6.30. The van der Waals surface area contributed by atoms with Crippen molar-refractivity contribution >= 4 is 29.2 Å².